The molecule has 3 aromatic rings. The maximum Gasteiger partial charge on any atom is 0.471 e. The molecule has 1 aliphatic heterocycles. The molecule has 1 unspecified atom stereocenters. The van der Waals surface area contributed by atoms with E-state index in [1.807, 2.05) is 0 Å². The van der Waals surface area contributed by atoms with Crippen molar-refractivity contribution in [1.29, 1.82) is 0 Å². The van der Waals surface area contributed by atoms with E-state index in [-0.39, 0.29) is 41.6 Å². The van der Waals surface area contributed by atoms with E-state index in [0.717, 1.165) is 5.56 Å². The Morgan fingerprint density at radius 1 is 1.15 bits per heavy atom. The van der Waals surface area contributed by atoms with Crippen molar-refractivity contribution in [2.45, 2.75) is 29.2 Å². The lowest BCUT2D eigenvalue weighted by atomic mass is 10.1. The van der Waals surface area contributed by atoms with Crippen LogP contribution in [0.4, 0.5) is 13.2 Å². The summed E-state index contributed by atoms with van der Waals surface area (Å²) in [5.74, 6) is -1.28. The fraction of sp³-hybridized carbons (Fsp3) is 0.318. The highest BCUT2D eigenvalue weighted by atomic mass is 32.2. The molecule has 8 nitrogen and oxygen atoms in total. The standard InChI is InChI=1S/C22H20F3N3O5S/c1-32-16-6-2-14(3-7-16)12-19(29)28-11-10-18(13-28)34(30,31)17-8-4-15(5-9-17)20-26-21(33-27-20)22(23,24)25/h2-9,18H,10-13H2,1H3. The van der Waals surface area contributed by atoms with E-state index in [2.05, 4.69) is 14.7 Å². The van der Waals surface area contributed by atoms with E-state index in [4.69, 9.17) is 4.74 Å². The molecule has 1 fully saturated rings. The molecule has 1 atom stereocenters. The molecule has 34 heavy (non-hydrogen) atoms. The summed E-state index contributed by atoms with van der Waals surface area (Å²) >= 11 is 0. The molecule has 0 radical (unpaired) electrons. The van der Waals surface area contributed by atoms with Crippen LogP contribution in [0, 0.1) is 0 Å². The smallest absolute Gasteiger partial charge is 0.471 e. The van der Waals surface area contributed by atoms with Crippen molar-refractivity contribution in [3.63, 3.8) is 0 Å². The van der Waals surface area contributed by atoms with Gasteiger partial charge >= 0.3 is 12.1 Å². The number of hydrogen-bond acceptors (Lipinski definition) is 7. The summed E-state index contributed by atoms with van der Waals surface area (Å²) in [4.78, 5) is 17.5. The van der Waals surface area contributed by atoms with Crippen LogP contribution in [0.25, 0.3) is 11.4 Å². The minimum Gasteiger partial charge on any atom is -0.497 e. The number of alkyl halides is 3. The van der Waals surface area contributed by atoms with Crippen LogP contribution in [0.5, 0.6) is 5.75 Å². The molecule has 1 saturated heterocycles. The summed E-state index contributed by atoms with van der Waals surface area (Å²) in [6, 6.07) is 12.3. The Balaban J connectivity index is 1.42. The summed E-state index contributed by atoms with van der Waals surface area (Å²) in [5, 5.41) is 2.51. The summed E-state index contributed by atoms with van der Waals surface area (Å²) in [5.41, 5.74) is 0.976. The lowest BCUT2D eigenvalue weighted by Gasteiger charge is -2.17. The Bertz CT molecular complexity index is 1270. The maximum absolute atomic E-state index is 13.1. The average Bonchev–Trinajstić information content (AvgIpc) is 3.50. The van der Waals surface area contributed by atoms with Gasteiger partial charge in [0.15, 0.2) is 9.84 Å². The average molecular weight is 495 g/mol. The molecule has 180 valence electrons. The van der Waals surface area contributed by atoms with Crippen LogP contribution >= 0.6 is 0 Å². The Morgan fingerprint density at radius 2 is 1.82 bits per heavy atom. The molecule has 0 bridgehead atoms. The van der Waals surface area contributed by atoms with Gasteiger partial charge in [0.2, 0.25) is 11.7 Å². The van der Waals surface area contributed by atoms with E-state index in [0.29, 0.717) is 12.3 Å². The number of aromatic nitrogens is 2. The summed E-state index contributed by atoms with van der Waals surface area (Å²) in [7, 11) is -2.21. The SMILES string of the molecule is COc1ccc(CC(=O)N2CCC(S(=O)(=O)c3ccc(-c4noc(C(F)(F)F)n4)cc3)C2)cc1. The largest absolute Gasteiger partial charge is 0.497 e. The normalized spacial score (nSPS) is 16.6. The van der Waals surface area contributed by atoms with Gasteiger partial charge in [-0.1, -0.05) is 17.3 Å². The van der Waals surface area contributed by atoms with Crippen molar-refractivity contribution in [3.8, 4) is 17.1 Å². The third-order valence-electron chi connectivity index (χ3n) is 5.56. The molecule has 1 aliphatic rings. The molecule has 0 saturated carbocycles. The summed E-state index contributed by atoms with van der Waals surface area (Å²) in [6.07, 6.45) is -4.33. The number of methoxy groups -OCH3 is 1. The van der Waals surface area contributed by atoms with Crippen LogP contribution in [0.2, 0.25) is 0 Å². The fourth-order valence-electron chi connectivity index (χ4n) is 3.68. The Morgan fingerprint density at radius 3 is 2.41 bits per heavy atom. The Hall–Kier alpha value is -3.41. The van der Waals surface area contributed by atoms with Gasteiger partial charge < -0.3 is 14.2 Å². The summed E-state index contributed by atoms with van der Waals surface area (Å²) < 4.78 is 73.4. The Labute approximate surface area is 193 Å². The number of nitrogens with zero attached hydrogens (tertiary/aromatic N) is 3. The van der Waals surface area contributed by atoms with Gasteiger partial charge in [0.1, 0.15) is 5.75 Å². The predicted molar refractivity (Wildman–Crippen MR) is 114 cm³/mol. The van der Waals surface area contributed by atoms with Crippen LogP contribution in [-0.4, -0.2) is 54.8 Å². The van der Waals surface area contributed by atoms with Gasteiger partial charge in [-0.3, -0.25) is 4.79 Å². The minimum absolute atomic E-state index is 0.00485. The molecule has 0 N–H and O–H groups in total. The number of likely N-dealkylation sites (tertiary alicyclic amines) is 1. The van der Waals surface area contributed by atoms with Gasteiger partial charge in [-0.15, -0.1) is 0 Å². The van der Waals surface area contributed by atoms with E-state index in [1.54, 1.807) is 31.4 Å². The third kappa shape index (κ3) is 4.91. The first-order chi connectivity index (χ1) is 16.1. The quantitative estimate of drug-likeness (QED) is 0.517. The number of benzene rings is 2. The second kappa shape index (κ2) is 9.09. The number of rotatable bonds is 6. The van der Waals surface area contributed by atoms with Crippen LogP contribution < -0.4 is 4.74 Å². The molecular formula is C22H20F3N3O5S. The van der Waals surface area contributed by atoms with Crippen LogP contribution in [0.3, 0.4) is 0 Å². The molecule has 0 aliphatic carbocycles. The lowest BCUT2D eigenvalue weighted by molar-refractivity contribution is -0.159. The zero-order chi connectivity index (χ0) is 24.5. The zero-order valence-corrected chi connectivity index (χ0v) is 18.8. The van der Waals surface area contributed by atoms with Crippen LogP contribution in [-0.2, 0) is 27.2 Å². The van der Waals surface area contributed by atoms with Gasteiger partial charge in [0.25, 0.3) is 0 Å². The van der Waals surface area contributed by atoms with Gasteiger partial charge in [0.05, 0.1) is 23.7 Å². The fourth-order valence-corrected chi connectivity index (χ4v) is 5.37. The minimum atomic E-state index is -4.77. The van der Waals surface area contributed by atoms with Crippen molar-refractivity contribution in [2.24, 2.45) is 0 Å². The molecule has 2 heterocycles. The maximum atomic E-state index is 13.1. The molecule has 0 spiro atoms. The van der Waals surface area contributed by atoms with Crippen molar-refractivity contribution < 1.29 is 35.6 Å². The van der Waals surface area contributed by atoms with Gasteiger partial charge in [-0.2, -0.15) is 18.2 Å². The zero-order valence-electron chi connectivity index (χ0n) is 17.9. The number of halogens is 3. The second-order valence-corrected chi connectivity index (χ2v) is 9.99. The number of carbonyl (C=O) groups is 1. The first-order valence-corrected chi connectivity index (χ1v) is 11.8. The second-order valence-electron chi connectivity index (χ2n) is 7.77. The number of carbonyl (C=O) groups excluding carboxylic acids is 1. The highest BCUT2D eigenvalue weighted by Gasteiger charge is 2.39. The third-order valence-corrected chi connectivity index (χ3v) is 7.75. The molecule has 12 heteroatoms. The topological polar surface area (TPSA) is 103 Å². The van der Waals surface area contributed by atoms with Crippen molar-refractivity contribution in [2.75, 3.05) is 20.2 Å². The van der Waals surface area contributed by atoms with Gasteiger partial charge in [-0.05, 0) is 48.4 Å². The first-order valence-electron chi connectivity index (χ1n) is 10.2. The van der Waals surface area contributed by atoms with E-state index < -0.39 is 27.2 Å². The van der Waals surface area contributed by atoms with Gasteiger partial charge in [0, 0.05) is 18.7 Å². The summed E-state index contributed by atoms with van der Waals surface area (Å²) in [6.45, 7) is 0.388. The van der Waals surface area contributed by atoms with Crippen molar-refractivity contribution in [3.05, 3.63) is 60.0 Å². The number of hydrogen-bond donors (Lipinski definition) is 0. The predicted octanol–water partition coefficient (Wildman–Crippen LogP) is 3.38. The van der Waals surface area contributed by atoms with E-state index >= 15 is 0 Å². The molecule has 1 aromatic heterocycles. The first kappa shape index (κ1) is 23.7. The van der Waals surface area contributed by atoms with Crippen molar-refractivity contribution >= 4 is 15.7 Å². The monoisotopic (exact) mass is 495 g/mol. The molecule has 4 rings (SSSR count). The van der Waals surface area contributed by atoms with E-state index in [1.165, 1.54) is 29.2 Å². The highest BCUT2D eigenvalue weighted by Crippen LogP contribution is 2.30. The lowest BCUT2D eigenvalue weighted by Crippen LogP contribution is -2.32. The van der Waals surface area contributed by atoms with Gasteiger partial charge in [-0.25, -0.2) is 8.42 Å². The van der Waals surface area contributed by atoms with E-state index in [9.17, 15) is 26.4 Å². The number of sulfone groups is 1. The Kier molecular flexibility index (Phi) is 6.34. The molecule has 1 amide bonds. The molecule has 2 aromatic carbocycles. The van der Waals surface area contributed by atoms with Crippen LogP contribution in [0.1, 0.15) is 17.9 Å². The van der Waals surface area contributed by atoms with Crippen LogP contribution in [0.15, 0.2) is 57.9 Å². The van der Waals surface area contributed by atoms with Crippen molar-refractivity contribution in [1.82, 2.24) is 15.0 Å². The molecular weight excluding hydrogens is 475 g/mol. The number of ether oxygens (including phenoxy) is 1. The number of amides is 1. The highest BCUT2D eigenvalue weighted by molar-refractivity contribution is 7.92.